The second-order valence-corrected chi connectivity index (χ2v) is 6.16. The second kappa shape index (κ2) is 7.16. The lowest BCUT2D eigenvalue weighted by molar-refractivity contribution is -0.116. The third kappa shape index (κ3) is 4.37. The summed E-state index contributed by atoms with van der Waals surface area (Å²) in [5, 5.41) is 6.61. The van der Waals surface area contributed by atoms with Crippen LogP contribution in [0, 0.1) is 0 Å². The van der Waals surface area contributed by atoms with Gasteiger partial charge in [0.2, 0.25) is 5.91 Å². The lowest BCUT2D eigenvalue weighted by Gasteiger charge is -2.16. The van der Waals surface area contributed by atoms with Crippen molar-refractivity contribution in [1.82, 2.24) is 0 Å². The standard InChI is InChI=1S/C15H13BrCl2N2O/c1-9(19-11-7-5-10(16)6-8-11)15(21)20-13-4-2-3-12(17)14(13)18/h2-9,19H,1H3,(H,20,21). The molecule has 21 heavy (non-hydrogen) atoms. The van der Waals surface area contributed by atoms with Gasteiger partial charge in [0, 0.05) is 10.2 Å². The lowest BCUT2D eigenvalue weighted by Crippen LogP contribution is -2.31. The fourth-order valence-electron chi connectivity index (χ4n) is 1.70. The number of benzene rings is 2. The molecule has 0 spiro atoms. The van der Waals surface area contributed by atoms with E-state index in [4.69, 9.17) is 23.2 Å². The van der Waals surface area contributed by atoms with Crippen LogP contribution in [0.5, 0.6) is 0 Å². The van der Waals surface area contributed by atoms with E-state index in [0.717, 1.165) is 10.2 Å². The maximum absolute atomic E-state index is 12.2. The van der Waals surface area contributed by atoms with Crippen molar-refractivity contribution in [3.63, 3.8) is 0 Å². The Kier molecular flexibility index (Phi) is 5.51. The minimum absolute atomic E-state index is 0.193. The van der Waals surface area contributed by atoms with Crippen LogP contribution in [-0.2, 0) is 4.79 Å². The van der Waals surface area contributed by atoms with Crippen LogP contribution >= 0.6 is 39.1 Å². The quantitative estimate of drug-likeness (QED) is 0.757. The van der Waals surface area contributed by atoms with Crippen LogP contribution in [0.2, 0.25) is 10.0 Å². The first-order valence-corrected chi connectivity index (χ1v) is 7.79. The predicted octanol–water partition coefficient (Wildman–Crippen LogP) is 5.20. The Morgan fingerprint density at radius 2 is 1.81 bits per heavy atom. The van der Waals surface area contributed by atoms with Crippen molar-refractivity contribution in [2.24, 2.45) is 0 Å². The molecule has 1 atom stereocenters. The number of rotatable bonds is 4. The van der Waals surface area contributed by atoms with Gasteiger partial charge in [-0.3, -0.25) is 4.79 Å². The number of amides is 1. The molecule has 0 aliphatic heterocycles. The molecule has 0 aromatic heterocycles. The van der Waals surface area contributed by atoms with Crippen LogP contribution in [0.1, 0.15) is 6.92 Å². The summed E-state index contributed by atoms with van der Waals surface area (Å²) >= 11 is 15.3. The van der Waals surface area contributed by atoms with Crippen molar-refractivity contribution >= 4 is 56.4 Å². The van der Waals surface area contributed by atoms with E-state index in [-0.39, 0.29) is 5.91 Å². The molecule has 0 aliphatic rings. The number of hydrogen-bond acceptors (Lipinski definition) is 2. The van der Waals surface area contributed by atoms with Gasteiger partial charge in [-0.15, -0.1) is 0 Å². The fraction of sp³-hybridized carbons (Fsp3) is 0.133. The first-order chi connectivity index (χ1) is 9.97. The number of nitrogens with one attached hydrogen (secondary N) is 2. The highest BCUT2D eigenvalue weighted by Crippen LogP contribution is 2.29. The number of hydrogen-bond donors (Lipinski definition) is 2. The van der Waals surface area contributed by atoms with Gasteiger partial charge < -0.3 is 10.6 Å². The molecule has 0 radical (unpaired) electrons. The second-order valence-electron chi connectivity index (χ2n) is 4.46. The summed E-state index contributed by atoms with van der Waals surface area (Å²) in [5.41, 5.74) is 1.36. The van der Waals surface area contributed by atoms with Crippen molar-refractivity contribution in [2.45, 2.75) is 13.0 Å². The van der Waals surface area contributed by atoms with Crippen LogP contribution in [0.3, 0.4) is 0 Å². The molecule has 0 aliphatic carbocycles. The highest BCUT2D eigenvalue weighted by Gasteiger charge is 2.15. The van der Waals surface area contributed by atoms with Gasteiger partial charge in [-0.1, -0.05) is 45.2 Å². The van der Waals surface area contributed by atoms with Crippen LogP contribution in [0.4, 0.5) is 11.4 Å². The molecule has 2 aromatic carbocycles. The Morgan fingerprint density at radius 3 is 2.48 bits per heavy atom. The first-order valence-electron chi connectivity index (χ1n) is 6.24. The zero-order chi connectivity index (χ0) is 15.4. The van der Waals surface area contributed by atoms with Gasteiger partial charge in [-0.25, -0.2) is 0 Å². The topological polar surface area (TPSA) is 41.1 Å². The van der Waals surface area contributed by atoms with E-state index < -0.39 is 6.04 Å². The van der Waals surface area contributed by atoms with E-state index in [9.17, 15) is 4.79 Å². The average Bonchev–Trinajstić information content (AvgIpc) is 2.46. The monoisotopic (exact) mass is 386 g/mol. The van der Waals surface area contributed by atoms with E-state index in [0.29, 0.717) is 15.7 Å². The summed E-state index contributed by atoms with van der Waals surface area (Å²) in [6, 6.07) is 12.3. The van der Waals surface area contributed by atoms with Gasteiger partial charge in [0.15, 0.2) is 0 Å². The largest absolute Gasteiger partial charge is 0.374 e. The zero-order valence-corrected chi connectivity index (χ0v) is 14.3. The Morgan fingerprint density at radius 1 is 1.14 bits per heavy atom. The zero-order valence-electron chi connectivity index (χ0n) is 11.2. The number of carbonyl (C=O) groups excluding carboxylic acids is 1. The molecule has 0 bridgehead atoms. The smallest absolute Gasteiger partial charge is 0.246 e. The highest BCUT2D eigenvalue weighted by molar-refractivity contribution is 9.10. The Labute approximate surface area is 141 Å². The lowest BCUT2D eigenvalue weighted by atomic mass is 10.2. The average molecular weight is 388 g/mol. The summed E-state index contributed by atoms with van der Waals surface area (Å²) in [6.07, 6.45) is 0. The van der Waals surface area contributed by atoms with Crippen LogP contribution < -0.4 is 10.6 Å². The van der Waals surface area contributed by atoms with E-state index in [2.05, 4.69) is 26.6 Å². The van der Waals surface area contributed by atoms with Crippen LogP contribution in [0.15, 0.2) is 46.9 Å². The molecular weight excluding hydrogens is 375 g/mol. The van der Waals surface area contributed by atoms with E-state index in [1.54, 1.807) is 25.1 Å². The molecule has 3 nitrogen and oxygen atoms in total. The summed E-state index contributed by atoms with van der Waals surface area (Å²) in [6.45, 7) is 1.77. The van der Waals surface area contributed by atoms with Crippen molar-refractivity contribution in [3.05, 3.63) is 57.0 Å². The molecule has 0 saturated carbocycles. The maximum Gasteiger partial charge on any atom is 0.246 e. The van der Waals surface area contributed by atoms with Crippen LogP contribution in [-0.4, -0.2) is 11.9 Å². The Balaban J connectivity index is 2.02. The van der Waals surface area contributed by atoms with E-state index in [1.807, 2.05) is 24.3 Å². The molecule has 2 aromatic rings. The van der Waals surface area contributed by atoms with Gasteiger partial charge in [0.05, 0.1) is 15.7 Å². The SMILES string of the molecule is CC(Nc1ccc(Br)cc1)C(=O)Nc1cccc(Cl)c1Cl. The number of carbonyl (C=O) groups is 1. The normalized spacial score (nSPS) is 11.8. The van der Waals surface area contributed by atoms with Crippen molar-refractivity contribution in [1.29, 1.82) is 0 Å². The predicted molar refractivity (Wildman–Crippen MR) is 92.3 cm³/mol. The van der Waals surface area contributed by atoms with Gasteiger partial charge in [0.25, 0.3) is 0 Å². The minimum Gasteiger partial charge on any atom is -0.374 e. The summed E-state index contributed by atoms with van der Waals surface area (Å²) in [5.74, 6) is -0.193. The minimum atomic E-state index is -0.416. The molecule has 2 N–H and O–H groups in total. The van der Waals surface area contributed by atoms with Gasteiger partial charge >= 0.3 is 0 Å². The Bertz CT molecular complexity index is 647. The van der Waals surface area contributed by atoms with Crippen LogP contribution in [0.25, 0.3) is 0 Å². The van der Waals surface area contributed by atoms with Crippen molar-refractivity contribution in [3.8, 4) is 0 Å². The molecular formula is C15H13BrCl2N2O. The highest BCUT2D eigenvalue weighted by atomic mass is 79.9. The molecule has 1 unspecified atom stereocenters. The maximum atomic E-state index is 12.2. The molecule has 1 amide bonds. The molecule has 110 valence electrons. The Hall–Kier alpha value is -1.23. The summed E-state index contributed by atoms with van der Waals surface area (Å²) in [4.78, 5) is 12.2. The van der Waals surface area contributed by atoms with E-state index >= 15 is 0 Å². The van der Waals surface area contributed by atoms with Gasteiger partial charge in [-0.2, -0.15) is 0 Å². The molecule has 6 heteroatoms. The van der Waals surface area contributed by atoms with E-state index in [1.165, 1.54) is 0 Å². The number of anilines is 2. The van der Waals surface area contributed by atoms with Crippen molar-refractivity contribution in [2.75, 3.05) is 10.6 Å². The molecule has 2 rings (SSSR count). The first kappa shape index (κ1) is 16.1. The third-order valence-electron chi connectivity index (χ3n) is 2.83. The fourth-order valence-corrected chi connectivity index (χ4v) is 2.32. The third-order valence-corrected chi connectivity index (χ3v) is 4.18. The summed E-state index contributed by atoms with van der Waals surface area (Å²) < 4.78 is 0.982. The molecule has 0 saturated heterocycles. The van der Waals surface area contributed by atoms with Gasteiger partial charge in [-0.05, 0) is 43.3 Å². The molecule has 0 fully saturated rings. The molecule has 0 heterocycles. The number of halogens is 3. The summed E-state index contributed by atoms with van der Waals surface area (Å²) in [7, 11) is 0. The van der Waals surface area contributed by atoms with Crippen molar-refractivity contribution < 1.29 is 4.79 Å². The van der Waals surface area contributed by atoms with Gasteiger partial charge in [0.1, 0.15) is 6.04 Å².